The summed E-state index contributed by atoms with van der Waals surface area (Å²) < 4.78 is 26.3. The second kappa shape index (κ2) is 4.15. The van der Waals surface area contributed by atoms with Crippen molar-refractivity contribution in [3.05, 3.63) is 18.0 Å². The lowest BCUT2D eigenvalue weighted by atomic mass is 9.83. The smallest absolute Gasteiger partial charge is 0.352 e. The van der Waals surface area contributed by atoms with Crippen molar-refractivity contribution in [2.45, 2.75) is 30.7 Å². The van der Waals surface area contributed by atoms with Crippen LogP contribution in [0.2, 0.25) is 0 Å². The molecule has 0 spiro atoms. The van der Waals surface area contributed by atoms with E-state index in [1.165, 1.54) is 6.20 Å². The zero-order valence-electron chi connectivity index (χ0n) is 9.30. The molecule has 94 valence electrons. The molecule has 0 aliphatic heterocycles. The summed E-state index contributed by atoms with van der Waals surface area (Å²) in [5, 5.41) is 8.69. The number of aromatic nitrogens is 1. The normalized spacial score (nSPS) is 24.3. The second-order valence-corrected chi connectivity index (χ2v) is 6.16. The van der Waals surface area contributed by atoms with E-state index in [9.17, 15) is 13.2 Å². The quantitative estimate of drug-likeness (QED) is 0.743. The summed E-state index contributed by atoms with van der Waals surface area (Å²) in [5.74, 6) is -0.632. The Kier molecular flexibility index (Phi) is 2.96. The molecule has 0 atom stereocenters. The maximum absolute atomic E-state index is 11.9. The zero-order chi connectivity index (χ0) is 12.6. The average molecular weight is 258 g/mol. The van der Waals surface area contributed by atoms with Gasteiger partial charge >= 0.3 is 5.97 Å². The van der Waals surface area contributed by atoms with Crippen molar-refractivity contribution < 1.29 is 18.3 Å². The molecule has 6 nitrogen and oxygen atoms in total. The van der Waals surface area contributed by atoms with Gasteiger partial charge < -0.3 is 10.1 Å². The van der Waals surface area contributed by atoms with Crippen molar-refractivity contribution in [3.63, 3.8) is 0 Å². The molecule has 0 amide bonds. The minimum atomic E-state index is -3.60. The number of hydrogen-bond donors (Lipinski definition) is 3. The van der Waals surface area contributed by atoms with Crippen LogP contribution in [0.4, 0.5) is 0 Å². The first-order valence-electron chi connectivity index (χ1n) is 5.32. The number of hydrogen-bond acceptors (Lipinski definition) is 3. The van der Waals surface area contributed by atoms with Crippen LogP contribution in [0.3, 0.4) is 0 Å². The number of aromatic amines is 1. The molecule has 2 rings (SSSR count). The van der Waals surface area contributed by atoms with E-state index >= 15 is 0 Å². The van der Waals surface area contributed by atoms with Crippen molar-refractivity contribution >= 4 is 16.0 Å². The van der Waals surface area contributed by atoms with Gasteiger partial charge in [-0.15, -0.1) is 0 Å². The zero-order valence-corrected chi connectivity index (χ0v) is 10.1. The summed E-state index contributed by atoms with van der Waals surface area (Å²) >= 11 is 0. The van der Waals surface area contributed by atoms with Gasteiger partial charge in [0.15, 0.2) is 0 Å². The van der Waals surface area contributed by atoms with Gasteiger partial charge in [0.25, 0.3) is 0 Å². The van der Waals surface area contributed by atoms with Crippen LogP contribution in [-0.4, -0.2) is 30.5 Å². The number of aromatic carboxylic acids is 1. The third-order valence-corrected chi connectivity index (χ3v) is 4.39. The molecule has 7 heteroatoms. The fourth-order valence-electron chi connectivity index (χ4n) is 1.94. The van der Waals surface area contributed by atoms with Gasteiger partial charge in [-0.2, -0.15) is 0 Å². The van der Waals surface area contributed by atoms with E-state index in [-0.39, 0.29) is 16.6 Å². The molecular formula is C10H14N2O4S. The first-order chi connectivity index (χ1) is 7.88. The maximum atomic E-state index is 11.9. The summed E-state index contributed by atoms with van der Waals surface area (Å²) in [4.78, 5) is 13.0. The lowest BCUT2D eigenvalue weighted by molar-refractivity contribution is 0.0691. The van der Waals surface area contributed by atoms with E-state index in [1.54, 1.807) is 0 Å². The first kappa shape index (κ1) is 12.1. The SMILES string of the molecule is CC1CC(NS(=O)(=O)c2c[nH]c(C(=O)O)c2)C1. The lowest BCUT2D eigenvalue weighted by Gasteiger charge is -2.32. The van der Waals surface area contributed by atoms with Crippen molar-refractivity contribution in [1.82, 2.24) is 9.71 Å². The minimum Gasteiger partial charge on any atom is -0.477 e. The predicted octanol–water partition coefficient (Wildman–Crippen LogP) is 0.790. The van der Waals surface area contributed by atoms with Gasteiger partial charge in [0, 0.05) is 12.2 Å². The van der Waals surface area contributed by atoms with Crippen molar-refractivity contribution in [2.75, 3.05) is 0 Å². The Morgan fingerprint density at radius 3 is 2.65 bits per heavy atom. The highest BCUT2D eigenvalue weighted by atomic mass is 32.2. The fraction of sp³-hybridized carbons (Fsp3) is 0.500. The van der Waals surface area contributed by atoms with Gasteiger partial charge in [0.1, 0.15) is 10.6 Å². The van der Waals surface area contributed by atoms with Crippen LogP contribution >= 0.6 is 0 Å². The highest BCUT2D eigenvalue weighted by Crippen LogP contribution is 2.27. The van der Waals surface area contributed by atoms with Gasteiger partial charge in [-0.25, -0.2) is 17.9 Å². The Bertz CT molecular complexity index is 528. The predicted molar refractivity (Wildman–Crippen MR) is 60.3 cm³/mol. The molecule has 17 heavy (non-hydrogen) atoms. The van der Waals surface area contributed by atoms with Crippen LogP contribution < -0.4 is 4.72 Å². The molecule has 1 aromatic rings. The standard InChI is InChI=1S/C10H14N2O4S/c1-6-2-7(3-6)12-17(15,16)8-4-9(10(13)14)11-5-8/h4-7,11-12H,2-3H2,1H3,(H,13,14). The summed E-state index contributed by atoms with van der Waals surface area (Å²) in [6, 6.07) is 1.09. The maximum Gasteiger partial charge on any atom is 0.352 e. The van der Waals surface area contributed by atoms with E-state index in [0.717, 1.165) is 18.9 Å². The summed E-state index contributed by atoms with van der Waals surface area (Å²) in [6.45, 7) is 2.06. The van der Waals surface area contributed by atoms with Crippen molar-refractivity contribution in [1.29, 1.82) is 0 Å². The average Bonchev–Trinajstić information content (AvgIpc) is 2.64. The van der Waals surface area contributed by atoms with Gasteiger partial charge in [-0.3, -0.25) is 0 Å². The number of rotatable bonds is 4. The molecule has 1 saturated carbocycles. The molecule has 0 radical (unpaired) electrons. The van der Waals surface area contributed by atoms with Crippen LogP contribution in [0.5, 0.6) is 0 Å². The van der Waals surface area contributed by atoms with Crippen molar-refractivity contribution in [2.24, 2.45) is 5.92 Å². The fourth-order valence-corrected chi connectivity index (χ4v) is 3.19. The van der Waals surface area contributed by atoms with Crippen LogP contribution in [-0.2, 0) is 10.0 Å². The van der Waals surface area contributed by atoms with E-state index in [2.05, 4.69) is 16.6 Å². The summed E-state index contributed by atoms with van der Waals surface area (Å²) in [6.07, 6.45) is 2.85. The van der Waals surface area contributed by atoms with Crippen LogP contribution in [0.25, 0.3) is 0 Å². The van der Waals surface area contributed by atoms with Gasteiger partial charge in [-0.05, 0) is 24.8 Å². The molecule has 0 aromatic carbocycles. The second-order valence-electron chi connectivity index (χ2n) is 4.45. The number of sulfonamides is 1. The molecule has 0 saturated heterocycles. The van der Waals surface area contributed by atoms with E-state index in [1.807, 2.05) is 0 Å². The molecule has 1 aliphatic rings. The molecule has 1 aliphatic carbocycles. The van der Waals surface area contributed by atoms with Gasteiger partial charge in [0.05, 0.1) is 0 Å². The number of H-pyrrole nitrogens is 1. The molecular weight excluding hydrogens is 244 g/mol. The molecule has 1 fully saturated rings. The number of nitrogens with one attached hydrogen (secondary N) is 2. The number of carbonyl (C=O) groups is 1. The Balaban J connectivity index is 2.11. The summed E-state index contributed by atoms with van der Waals surface area (Å²) in [5.41, 5.74) is -0.132. The van der Waals surface area contributed by atoms with Gasteiger partial charge in [-0.1, -0.05) is 6.92 Å². The highest BCUT2D eigenvalue weighted by molar-refractivity contribution is 7.89. The van der Waals surface area contributed by atoms with E-state index in [0.29, 0.717) is 5.92 Å². The third-order valence-electron chi connectivity index (χ3n) is 2.89. The van der Waals surface area contributed by atoms with Crippen LogP contribution in [0.15, 0.2) is 17.2 Å². The number of carboxylic acids is 1. The monoisotopic (exact) mass is 258 g/mol. The lowest BCUT2D eigenvalue weighted by Crippen LogP contribution is -2.43. The van der Waals surface area contributed by atoms with Crippen molar-refractivity contribution in [3.8, 4) is 0 Å². The van der Waals surface area contributed by atoms with E-state index in [4.69, 9.17) is 5.11 Å². The van der Waals surface area contributed by atoms with Crippen LogP contribution in [0, 0.1) is 5.92 Å². The molecule has 1 aromatic heterocycles. The third kappa shape index (κ3) is 2.50. The van der Waals surface area contributed by atoms with Crippen LogP contribution in [0.1, 0.15) is 30.3 Å². The molecule has 1 heterocycles. The van der Waals surface area contributed by atoms with E-state index < -0.39 is 16.0 Å². The Morgan fingerprint density at radius 2 is 2.18 bits per heavy atom. The molecule has 0 unspecified atom stereocenters. The minimum absolute atomic E-state index is 0.0295. The first-order valence-corrected chi connectivity index (χ1v) is 6.81. The Hall–Kier alpha value is -1.34. The summed E-state index contributed by atoms with van der Waals surface area (Å²) in [7, 11) is -3.60. The number of carboxylic acid groups (broad SMARTS) is 1. The topological polar surface area (TPSA) is 99.3 Å². The Labute approximate surface area is 99.1 Å². The molecule has 3 N–H and O–H groups in total. The highest BCUT2D eigenvalue weighted by Gasteiger charge is 2.30. The largest absolute Gasteiger partial charge is 0.477 e. The van der Waals surface area contributed by atoms with Gasteiger partial charge in [0.2, 0.25) is 10.0 Å². The Morgan fingerprint density at radius 1 is 1.53 bits per heavy atom. The molecule has 0 bridgehead atoms.